The molecule has 1 aromatic carbocycles. The molecule has 0 saturated carbocycles. The zero-order valence-electron chi connectivity index (χ0n) is 10.2. The van der Waals surface area contributed by atoms with Gasteiger partial charge in [-0.2, -0.15) is 0 Å². The van der Waals surface area contributed by atoms with Crippen LogP contribution in [0.25, 0.3) is 0 Å². The average Bonchev–Trinajstić information content (AvgIpc) is 2.35. The molecule has 0 atom stereocenters. The third-order valence-corrected chi connectivity index (χ3v) is 2.34. The van der Waals surface area contributed by atoms with Crippen molar-refractivity contribution < 1.29 is 9.53 Å². The summed E-state index contributed by atoms with van der Waals surface area (Å²) in [7, 11) is 1.53. The molecule has 0 N–H and O–H groups in total. The number of methoxy groups -OCH3 is 1. The van der Waals surface area contributed by atoms with Crippen molar-refractivity contribution in [1.29, 1.82) is 0 Å². The molecule has 0 aromatic heterocycles. The Kier molecular flexibility index (Phi) is 4.46. The van der Waals surface area contributed by atoms with Gasteiger partial charge in [0.05, 0.1) is 7.11 Å². The highest BCUT2D eigenvalue weighted by molar-refractivity contribution is 6.10. The topological polar surface area (TPSA) is 26.3 Å². The molecule has 1 aromatic rings. The zero-order chi connectivity index (χ0) is 12.8. The molecule has 0 heterocycles. The van der Waals surface area contributed by atoms with Crippen LogP contribution in [0, 0.1) is 6.92 Å². The Morgan fingerprint density at radius 1 is 1.18 bits per heavy atom. The summed E-state index contributed by atoms with van der Waals surface area (Å²) in [5, 5.41) is 0. The number of hydrogen-bond donors (Lipinski definition) is 0. The van der Waals surface area contributed by atoms with Crippen molar-refractivity contribution in [2.75, 3.05) is 7.11 Å². The largest absolute Gasteiger partial charge is 0.497 e. The molecule has 0 aliphatic rings. The monoisotopic (exact) mass is 228 g/mol. The SMILES string of the molecule is C=C(/C=C\C(=C)C(=O)c1ccc(C)cc1)OC. The summed E-state index contributed by atoms with van der Waals surface area (Å²) in [6.07, 6.45) is 3.22. The molecular formula is C15H16O2. The summed E-state index contributed by atoms with van der Waals surface area (Å²) < 4.78 is 4.87. The van der Waals surface area contributed by atoms with Gasteiger partial charge in [0.25, 0.3) is 0 Å². The molecule has 0 fully saturated rings. The fourth-order valence-corrected chi connectivity index (χ4v) is 1.23. The minimum Gasteiger partial charge on any atom is -0.497 e. The van der Waals surface area contributed by atoms with E-state index in [1.165, 1.54) is 7.11 Å². The molecule has 0 amide bonds. The number of aryl methyl sites for hydroxylation is 1. The summed E-state index contributed by atoms with van der Waals surface area (Å²) in [5.41, 5.74) is 2.16. The Balaban J connectivity index is 2.77. The fourth-order valence-electron chi connectivity index (χ4n) is 1.23. The predicted molar refractivity (Wildman–Crippen MR) is 69.9 cm³/mol. The number of rotatable bonds is 5. The number of carbonyl (C=O) groups is 1. The molecule has 0 spiro atoms. The molecule has 0 bridgehead atoms. The van der Waals surface area contributed by atoms with Gasteiger partial charge in [-0.1, -0.05) is 43.0 Å². The van der Waals surface area contributed by atoms with Crippen LogP contribution < -0.4 is 0 Å². The second kappa shape index (κ2) is 5.85. The van der Waals surface area contributed by atoms with Crippen molar-refractivity contribution >= 4 is 5.78 Å². The number of hydrogen-bond acceptors (Lipinski definition) is 2. The summed E-state index contributed by atoms with van der Waals surface area (Å²) in [6.45, 7) is 9.33. The molecular weight excluding hydrogens is 212 g/mol. The predicted octanol–water partition coefficient (Wildman–Crippen LogP) is 3.45. The maximum absolute atomic E-state index is 11.9. The number of ketones is 1. The van der Waals surface area contributed by atoms with Gasteiger partial charge < -0.3 is 4.74 Å². The lowest BCUT2D eigenvalue weighted by Crippen LogP contribution is -2.00. The van der Waals surface area contributed by atoms with Crippen LogP contribution >= 0.6 is 0 Å². The van der Waals surface area contributed by atoms with Gasteiger partial charge in [0, 0.05) is 11.1 Å². The minimum atomic E-state index is -0.0925. The van der Waals surface area contributed by atoms with Gasteiger partial charge in [-0.25, -0.2) is 0 Å². The molecule has 0 saturated heterocycles. The van der Waals surface area contributed by atoms with Crippen LogP contribution in [0.5, 0.6) is 0 Å². The normalized spacial score (nSPS) is 10.2. The van der Waals surface area contributed by atoms with Crippen LogP contribution in [0.1, 0.15) is 15.9 Å². The number of ether oxygens (including phenoxy) is 1. The second-order valence-electron chi connectivity index (χ2n) is 3.72. The number of Topliss-reactive ketones (excluding diaryl/α,β-unsaturated/α-hetero) is 1. The Labute approximate surface area is 102 Å². The summed E-state index contributed by atoms with van der Waals surface area (Å²) in [6, 6.07) is 7.39. The van der Waals surface area contributed by atoms with E-state index in [2.05, 4.69) is 13.2 Å². The van der Waals surface area contributed by atoms with E-state index in [1.807, 2.05) is 19.1 Å². The molecule has 0 aliphatic heterocycles. The van der Waals surface area contributed by atoms with Crippen LogP contribution in [-0.4, -0.2) is 12.9 Å². The smallest absolute Gasteiger partial charge is 0.192 e. The van der Waals surface area contributed by atoms with E-state index in [-0.39, 0.29) is 5.78 Å². The lowest BCUT2D eigenvalue weighted by Gasteiger charge is -2.01. The summed E-state index contributed by atoms with van der Waals surface area (Å²) in [5.74, 6) is 0.396. The number of carbonyl (C=O) groups excluding carboxylic acids is 1. The molecule has 2 heteroatoms. The molecule has 88 valence electrons. The highest BCUT2D eigenvalue weighted by Gasteiger charge is 2.07. The van der Waals surface area contributed by atoms with Crippen LogP contribution in [0.2, 0.25) is 0 Å². The second-order valence-corrected chi connectivity index (χ2v) is 3.72. The van der Waals surface area contributed by atoms with Gasteiger partial charge in [0.2, 0.25) is 0 Å². The first-order valence-electron chi connectivity index (χ1n) is 5.26. The molecule has 0 radical (unpaired) electrons. The first kappa shape index (κ1) is 13.0. The third-order valence-electron chi connectivity index (χ3n) is 2.34. The average molecular weight is 228 g/mol. The first-order chi connectivity index (χ1) is 8.04. The molecule has 17 heavy (non-hydrogen) atoms. The maximum atomic E-state index is 11.9. The maximum Gasteiger partial charge on any atom is 0.192 e. The van der Waals surface area contributed by atoms with Crippen LogP contribution in [0.15, 0.2) is 60.9 Å². The lowest BCUT2D eigenvalue weighted by molar-refractivity contribution is 0.103. The van der Waals surface area contributed by atoms with Crippen molar-refractivity contribution in [2.45, 2.75) is 6.92 Å². The molecule has 0 unspecified atom stereocenters. The van der Waals surface area contributed by atoms with E-state index in [0.717, 1.165) is 5.56 Å². The Bertz CT molecular complexity index is 464. The Morgan fingerprint density at radius 2 is 1.76 bits per heavy atom. The van der Waals surface area contributed by atoms with Crippen molar-refractivity contribution in [3.8, 4) is 0 Å². The minimum absolute atomic E-state index is 0.0925. The van der Waals surface area contributed by atoms with Crippen molar-refractivity contribution in [3.63, 3.8) is 0 Å². The van der Waals surface area contributed by atoms with Crippen LogP contribution in [0.3, 0.4) is 0 Å². The van der Waals surface area contributed by atoms with Gasteiger partial charge in [0.1, 0.15) is 5.76 Å². The van der Waals surface area contributed by atoms with Crippen molar-refractivity contribution in [3.05, 3.63) is 72.0 Å². The van der Waals surface area contributed by atoms with Gasteiger partial charge >= 0.3 is 0 Å². The van der Waals surface area contributed by atoms with E-state index < -0.39 is 0 Å². The summed E-state index contributed by atoms with van der Waals surface area (Å²) in [4.78, 5) is 11.9. The van der Waals surface area contributed by atoms with Gasteiger partial charge in [0.15, 0.2) is 5.78 Å². The van der Waals surface area contributed by atoms with Gasteiger partial charge in [-0.15, -0.1) is 0 Å². The lowest BCUT2D eigenvalue weighted by atomic mass is 10.0. The highest BCUT2D eigenvalue weighted by Crippen LogP contribution is 2.10. The first-order valence-corrected chi connectivity index (χ1v) is 5.26. The van der Waals surface area contributed by atoms with E-state index in [1.54, 1.807) is 24.3 Å². The number of benzene rings is 1. The number of allylic oxidation sites excluding steroid dienone is 3. The van der Waals surface area contributed by atoms with Crippen LogP contribution in [0.4, 0.5) is 0 Å². The fraction of sp³-hybridized carbons (Fsp3) is 0.133. The molecule has 0 aliphatic carbocycles. The van der Waals surface area contributed by atoms with Crippen molar-refractivity contribution in [1.82, 2.24) is 0 Å². The van der Waals surface area contributed by atoms with Crippen molar-refractivity contribution in [2.24, 2.45) is 0 Å². The third kappa shape index (κ3) is 3.76. The van der Waals surface area contributed by atoms with Crippen LogP contribution in [-0.2, 0) is 4.74 Å². The summed E-state index contributed by atoms with van der Waals surface area (Å²) >= 11 is 0. The van der Waals surface area contributed by atoms with E-state index in [9.17, 15) is 4.79 Å². The van der Waals surface area contributed by atoms with Gasteiger partial charge in [-0.05, 0) is 19.1 Å². The standard InChI is InChI=1S/C15H16O2/c1-11-5-9-14(10-6-11)15(16)12(2)7-8-13(3)17-4/h5-10H,2-3H2,1,4H3/b8-7-. The highest BCUT2D eigenvalue weighted by atomic mass is 16.5. The zero-order valence-corrected chi connectivity index (χ0v) is 10.2. The van der Waals surface area contributed by atoms with E-state index in [4.69, 9.17) is 4.74 Å². The van der Waals surface area contributed by atoms with E-state index >= 15 is 0 Å². The van der Waals surface area contributed by atoms with Gasteiger partial charge in [-0.3, -0.25) is 4.79 Å². The Hall–Kier alpha value is -2.09. The molecule has 1 rings (SSSR count). The Morgan fingerprint density at radius 3 is 2.29 bits per heavy atom. The quantitative estimate of drug-likeness (QED) is 0.334. The molecule has 2 nitrogen and oxygen atoms in total. The van der Waals surface area contributed by atoms with E-state index in [0.29, 0.717) is 16.9 Å².